The summed E-state index contributed by atoms with van der Waals surface area (Å²) >= 11 is 0. The lowest BCUT2D eigenvalue weighted by Gasteiger charge is -2.26. The summed E-state index contributed by atoms with van der Waals surface area (Å²) in [6, 6.07) is 6.54. The van der Waals surface area contributed by atoms with Crippen molar-refractivity contribution in [2.75, 3.05) is 39.4 Å². The van der Waals surface area contributed by atoms with Gasteiger partial charge in [-0.25, -0.2) is 0 Å². The summed E-state index contributed by atoms with van der Waals surface area (Å²) < 4.78 is 46.8. The Kier molecular flexibility index (Phi) is 6.07. The molecule has 3 rings (SSSR count). The van der Waals surface area contributed by atoms with Gasteiger partial charge in [-0.15, -0.1) is 0 Å². The number of morpholine rings is 1. The molecule has 1 fully saturated rings. The Morgan fingerprint density at radius 3 is 2.52 bits per heavy atom. The predicted molar refractivity (Wildman–Crippen MR) is 88.1 cm³/mol. The van der Waals surface area contributed by atoms with Crippen LogP contribution in [0.4, 0.5) is 13.2 Å². The number of rotatable bonds is 6. The Morgan fingerprint density at radius 1 is 1.19 bits per heavy atom. The van der Waals surface area contributed by atoms with Crippen molar-refractivity contribution in [1.29, 1.82) is 0 Å². The minimum absolute atomic E-state index is 0.0648. The zero-order valence-electron chi connectivity index (χ0n) is 14.5. The number of benzene rings is 1. The number of amides is 1. The lowest BCUT2D eigenvalue weighted by Crippen LogP contribution is -2.41. The van der Waals surface area contributed by atoms with Gasteiger partial charge in [0.15, 0.2) is 5.82 Å². The number of hydrogen-bond acceptors (Lipinski definition) is 6. The Hall–Kier alpha value is -2.46. The average Bonchev–Trinajstić information content (AvgIpc) is 3.12. The molecule has 27 heavy (non-hydrogen) atoms. The molecule has 0 unspecified atom stereocenters. The maximum Gasteiger partial charge on any atom is 0.471 e. The molecule has 1 amide bonds. The van der Waals surface area contributed by atoms with E-state index >= 15 is 0 Å². The minimum Gasteiger partial charge on any atom is -0.379 e. The van der Waals surface area contributed by atoms with Crippen molar-refractivity contribution in [2.24, 2.45) is 0 Å². The summed E-state index contributed by atoms with van der Waals surface area (Å²) in [5.41, 5.74) is 1.15. The van der Waals surface area contributed by atoms with Crippen LogP contribution in [-0.4, -0.2) is 60.3 Å². The summed E-state index contributed by atoms with van der Waals surface area (Å²) in [5.74, 6) is -1.63. The van der Waals surface area contributed by atoms with E-state index in [1.807, 2.05) is 0 Å². The van der Waals surface area contributed by atoms with E-state index in [1.54, 1.807) is 24.3 Å². The Balaban J connectivity index is 1.49. The average molecular weight is 384 g/mol. The van der Waals surface area contributed by atoms with E-state index in [-0.39, 0.29) is 18.2 Å². The first-order valence-electron chi connectivity index (χ1n) is 8.49. The Morgan fingerprint density at radius 2 is 1.89 bits per heavy atom. The van der Waals surface area contributed by atoms with Gasteiger partial charge in [0.1, 0.15) is 0 Å². The van der Waals surface area contributed by atoms with E-state index in [0.717, 1.165) is 19.6 Å². The van der Waals surface area contributed by atoms with Crippen molar-refractivity contribution in [3.05, 3.63) is 47.1 Å². The smallest absolute Gasteiger partial charge is 0.379 e. The number of halogens is 3. The Labute approximate surface area is 153 Å². The standard InChI is InChI=1S/C17H19F3N4O3/c18-17(19,20)16-22-14(23-27-16)11-12-1-3-13(4-2-12)15(25)21-5-6-24-7-9-26-10-8-24/h1-4H,5-11H2,(H,21,25). The monoisotopic (exact) mass is 384 g/mol. The molecule has 0 spiro atoms. The molecule has 1 saturated heterocycles. The molecule has 0 atom stereocenters. The third-order valence-corrected chi connectivity index (χ3v) is 4.11. The highest BCUT2D eigenvalue weighted by Crippen LogP contribution is 2.27. The van der Waals surface area contributed by atoms with Gasteiger partial charge in [-0.1, -0.05) is 17.3 Å². The second-order valence-electron chi connectivity index (χ2n) is 6.10. The number of nitrogens with zero attached hydrogens (tertiary/aromatic N) is 3. The van der Waals surface area contributed by atoms with E-state index in [9.17, 15) is 18.0 Å². The van der Waals surface area contributed by atoms with Crippen LogP contribution in [0.1, 0.15) is 27.6 Å². The summed E-state index contributed by atoms with van der Waals surface area (Å²) in [6.07, 6.45) is -4.58. The van der Waals surface area contributed by atoms with E-state index in [1.165, 1.54) is 0 Å². The molecule has 7 nitrogen and oxygen atoms in total. The Bertz CT molecular complexity index is 756. The molecule has 10 heteroatoms. The molecule has 1 aromatic heterocycles. The maximum atomic E-state index is 12.5. The van der Waals surface area contributed by atoms with Crippen LogP contribution in [0.2, 0.25) is 0 Å². The third kappa shape index (κ3) is 5.51. The van der Waals surface area contributed by atoms with Gasteiger partial charge in [0.2, 0.25) is 0 Å². The molecule has 0 bridgehead atoms. The van der Waals surface area contributed by atoms with Crippen LogP contribution in [0.15, 0.2) is 28.8 Å². The fraction of sp³-hybridized carbons (Fsp3) is 0.471. The van der Waals surface area contributed by atoms with Gasteiger partial charge in [0.25, 0.3) is 5.91 Å². The predicted octanol–water partition coefficient (Wildman–Crippen LogP) is 1.74. The zero-order chi connectivity index (χ0) is 19.3. The summed E-state index contributed by atoms with van der Waals surface area (Å²) in [6.45, 7) is 4.42. The summed E-state index contributed by atoms with van der Waals surface area (Å²) in [5, 5.41) is 6.17. The van der Waals surface area contributed by atoms with Crippen LogP contribution >= 0.6 is 0 Å². The molecule has 0 radical (unpaired) electrons. The van der Waals surface area contributed by atoms with Crippen LogP contribution in [0.5, 0.6) is 0 Å². The molecule has 1 aromatic carbocycles. The summed E-state index contributed by atoms with van der Waals surface area (Å²) in [7, 11) is 0. The molecule has 1 N–H and O–H groups in total. The van der Waals surface area contributed by atoms with E-state index < -0.39 is 12.1 Å². The van der Waals surface area contributed by atoms with Crippen LogP contribution in [0.3, 0.4) is 0 Å². The molecule has 1 aliphatic heterocycles. The molecule has 146 valence electrons. The number of alkyl halides is 3. The molecular formula is C17H19F3N4O3. The fourth-order valence-electron chi connectivity index (χ4n) is 2.65. The van der Waals surface area contributed by atoms with Gasteiger partial charge >= 0.3 is 12.1 Å². The fourth-order valence-corrected chi connectivity index (χ4v) is 2.65. The first-order valence-corrected chi connectivity index (χ1v) is 8.49. The van der Waals surface area contributed by atoms with Crippen molar-refractivity contribution in [3.8, 4) is 0 Å². The highest BCUT2D eigenvalue weighted by atomic mass is 19.4. The number of ether oxygens (including phenoxy) is 1. The van der Waals surface area contributed by atoms with Crippen molar-refractivity contribution >= 4 is 5.91 Å². The highest BCUT2D eigenvalue weighted by molar-refractivity contribution is 5.94. The molecule has 2 aromatic rings. The van der Waals surface area contributed by atoms with Gasteiger partial charge in [-0.2, -0.15) is 18.2 Å². The largest absolute Gasteiger partial charge is 0.471 e. The second kappa shape index (κ2) is 8.49. The van der Waals surface area contributed by atoms with E-state index in [0.29, 0.717) is 30.9 Å². The van der Waals surface area contributed by atoms with E-state index in [2.05, 4.69) is 24.9 Å². The minimum atomic E-state index is -4.66. The highest BCUT2D eigenvalue weighted by Gasteiger charge is 2.38. The molecule has 0 aliphatic carbocycles. The molecule has 1 aliphatic rings. The van der Waals surface area contributed by atoms with Gasteiger partial charge in [-0.05, 0) is 17.7 Å². The lowest BCUT2D eigenvalue weighted by molar-refractivity contribution is -0.159. The number of aromatic nitrogens is 2. The SMILES string of the molecule is O=C(NCCN1CCOCC1)c1ccc(Cc2noc(C(F)(F)F)n2)cc1. The van der Waals surface area contributed by atoms with Gasteiger partial charge in [-0.3, -0.25) is 9.69 Å². The third-order valence-electron chi connectivity index (χ3n) is 4.11. The second-order valence-corrected chi connectivity index (χ2v) is 6.10. The zero-order valence-corrected chi connectivity index (χ0v) is 14.5. The number of carbonyl (C=O) groups is 1. The lowest BCUT2D eigenvalue weighted by atomic mass is 10.1. The quantitative estimate of drug-likeness (QED) is 0.817. The van der Waals surface area contributed by atoms with Gasteiger partial charge < -0.3 is 14.6 Å². The van der Waals surface area contributed by atoms with E-state index in [4.69, 9.17) is 4.74 Å². The van der Waals surface area contributed by atoms with Crippen LogP contribution in [-0.2, 0) is 17.3 Å². The van der Waals surface area contributed by atoms with Crippen molar-refractivity contribution in [3.63, 3.8) is 0 Å². The van der Waals surface area contributed by atoms with Crippen LogP contribution in [0, 0.1) is 0 Å². The van der Waals surface area contributed by atoms with Crippen molar-refractivity contribution < 1.29 is 27.2 Å². The molecule has 0 saturated carbocycles. The number of hydrogen-bond donors (Lipinski definition) is 1. The van der Waals surface area contributed by atoms with Crippen molar-refractivity contribution in [1.82, 2.24) is 20.4 Å². The van der Waals surface area contributed by atoms with Crippen LogP contribution < -0.4 is 5.32 Å². The molecular weight excluding hydrogens is 365 g/mol. The number of nitrogens with one attached hydrogen (secondary N) is 1. The summed E-state index contributed by atoms with van der Waals surface area (Å²) in [4.78, 5) is 17.7. The number of carbonyl (C=O) groups excluding carboxylic acids is 1. The normalized spacial score (nSPS) is 15.7. The van der Waals surface area contributed by atoms with Crippen LogP contribution in [0.25, 0.3) is 0 Å². The van der Waals surface area contributed by atoms with Crippen molar-refractivity contribution in [2.45, 2.75) is 12.6 Å². The topological polar surface area (TPSA) is 80.5 Å². The van der Waals surface area contributed by atoms with Gasteiger partial charge in [0.05, 0.1) is 13.2 Å². The van der Waals surface area contributed by atoms with Gasteiger partial charge in [0, 0.05) is 38.2 Å². The first-order chi connectivity index (χ1) is 12.9. The maximum absolute atomic E-state index is 12.5. The molecule has 2 heterocycles. The first kappa shape index (κ1) is 19.3.